The van der Waals surface area contributed by atoms with Crippen LogP contribution < -0.4 is 5.32 Å². The van der Waals surface area contributed by atoms with E-state index >= 15 is 0 Å². The first-order valence-electron chi connectivity index (χ1n) is 7.50. The van der Waals surface area contributed by atoms with Gasteiger partial charge in [0.05, 0.1) is 11.2 Å². The molecule has 3 nitrogen and oxygen atoms in total. The second-order valence-corrected chi connectivity index (χ2v) is 7.33. The van der Waals surface area contributed by atoms with Gasteiger partial charge < -0.3 is 10.1 Å². The molecule has 0 aromatic rings. The third kappa shape index (κ3) is 4.22. The van der Waals surface area contributed by atoms with Crippen LogP contribution in [0.25, 0.3) is 0 Å². The molecule has 2 aliphatic heterocycles. The number of nitrogens with one attached hydrogen (secondary N) is 1. The summed E-state index contributed by atoms with van der Waals surface area (Å²) in [5, 5.41) is 3.45. The van der Waals surface area contributed by atoms with E-state index in [9.17, 15) is 0 Å². The minimum absolute atomic E-state index is 0.00331. The number of nitrogens with zero attached hydrogens (tertiary/aromatic N) is 1. The summed E-state index contributed by atoms with van der Waals surface area (Å²) in [5.74, 6) is 0.923. The fourth-order valence-corrected chi connectivity index (χ4v) is 3.67. The number of hydrogen-bond donors (Lipinski definition) is 1. The average Bonchev–Trinajstić information content (AvgIpc) is 2.65. The highest BCUT2D eigenvalue weighted by atomic mass is 16.5. The van der Waals surface area contributed by atoms with Crippen LogP contribution in [0.4, 0.5) is 0 Å². The molecule has 0 amide bonds. The monoisotopic (exact) mass is 254 g/mol. The number of morpholine rings is 1. The summed E-state index contributed by atoms with van der Waals surface area (Å²) in [6, 6.07) is 0. The molecule has 0 aliphatic carbocycles. The molecule has 2 fully saturated rings. The van der Waals surface area contributed by atoms with Crippen LogP contribution in [-0.4, -0.2) is 48.8 Å². The molecule has 3 heteroatoms. The van der Waals surface area contributed by atoms with Crippen LogP contribution in [0.15, 0.2) is 0 Å². The zero-order chi connectivity index (χ0) is 13.2. The Hall–Kier alpha value is -0.120. The molecule has 0 aromatic carbocycles. The summed E-state index contributed by atoms with van der Waals surface area (Å²) in [4.78, 5) is 2.59. The van der Waals surface area contributed by atoms with Crippen molar-refractivity contribution in [2.75, 3.05) is 32.7 Å². The van der Waals surface area contributed by atoms with Crippen molar-refractivity contribution in [3.63, 3.8) is 0 Å². The molecular weight excluding hydrogens is 224 g/mol. The second kappa shape index (κ2) is 5.48. The van der Waals surface area contributed by atoms with Gasteiger partial charge in [-0.15, -0.1) is 0 Å². The van der Waals surface area contributed by atoms with E-state index in [1.165, 1.54) is 38.9 Å². The first-order valence-corrected chi connectivity index (χ1v) is 7.50. The summed E-state index contributed by atoms with van der Waals surface area (Å²) >= 11 is 0. The fourth-order valence-electron chi connectivity index (χ4n) is 3.67. The fraction of sp³-hybridized carbons (Fsp3) is 1.00. The first kappa shape index (κ1) is 14.3. The van der Waals surface area contributed by atoms with Crippen molar-refractivity contribution < 1.29 is 4.74 Å². The van der Waals surface area contributed by atoms with Gasteiger partial charge in [0.2, 0.25) is 0 Å². The zero-order valence-electron chi connectivity index (χ0n) is 12.6. The smallest absolute Gasteiger partial charge is 0.0760 e. The van der Waals surface area contributed by atoms with E-state index in [1.54, 1.807) is 0 Å². The highest BCUT2D eigenvalue weighted by molar-refractivity contribution is 4.89. The van der Waals surface area contributed by atoms with Crippen LogP contribution >= 0.6 is 0 Å². The van der Waals surface area contributed by atoms with Crippen LogP contribution in [0.3, 0.4) is 0 Å². The van der Waals surface area contributed by atoms with Crippen LogP contribution in [0.5, 0.6) is 0 Å². The lowest BCUT2D eigenvalue weighted by Crippen LogP contribution is -2.57. The van der Waals surface area contributed by atoms with Crippen molar-refractivity contribution in [3.8, 4) is 0 Å². The largest absolute Gasteiger partial charge is 0.367 e. The zero-order valence-corrected chi connectivity index (χ0v) is 12.6. The van der Waals surface area contributed by atoms with Crippen LogP contribution in [-0.2, 0) is 4.74 Å². The van der Waals surface area contributed by atoms with E-state index in [0.29, 0.717) is 0 Å². The summed E-state index contributed by atoms with van der Waals surface area (Å²) < 4.78 is 6.12. The number of ether oxygens (including phenoxy) is 1. The van der Waals surface area contributed by atoms with Crippen LogP contribution in [0, 0.1) is 5.92 Å². The molecule has 1 N–H and O–H groups in total. The van der Waals surface area contributed by atoms with Gasteiger partial charge in [0.15, 0.2) is 0 Å². The molecule has 2 heterocycles. The lowest BCUT2D eigenvalue weighted by molar-refractivity contribution is -0.180. The molecule has 2 rings (SSSR count). The quantitative estimate of drug-likeness (QED) is 0.833. The van der Waals surface area contributed by atoms with Crippen molar-refractivity contribution in [1.82, 2.24) is 10.2 Å². The Balaban J connectivity index is 1.74. The lowest BCUT2D eigenvalue weighted by atomic mass is 9.97. The Kier molecular flexibility index (Phi) is 4.35. The Morgan fingerprint density at radius 2 is 1.83 bits per heavy atom. The summed E-state index contributed by atoms with van der Waals surface area (Å²) in [6.07, 6.45) is 4.09. The molecule has 106 valence electrons. The molecule has 0 aromatic heterocycles. The first-order chi connectivity index (χ1) is 8.36. The van der Waals surface area contributed by atoms with E-state index in [-0.39, 0.29) is 11.2 Å². The molecule has 1 atom stereocenters. The van der Waals surface area contributed by atoms with E-state index in [0.717, 1.165) is 19.0 Å². The average molecular weight is 254 g/mol. The molecule has 18 heavy (non-hydrogen) atoms. The molecule has 2 saturated heterocycles. The topological polar surface area (TPSA) is 24.5 Å². The van der Waals surface area contributed by atoms with Gasteiger partial charge in [0.25, 0.3) is 0 Å². The summed E-state index contributed by atoms with van der Waals surface area (Å²) in [7, 11) is 0. The minimum atomic E-state index is -0.00331. The van der Waals surface area contributed by atoms with E-state index in [4.69, 9.17) is 4.74 Å². The Bertz CT molecular complexity index is 254. The standard InChI is InChI=1S/C15H30N2O/c1-14(2)11-17(12-15(3,4)18-14)9-5-6-13-7-8-16-10-13/h13,16H,5-12H2,1-4H3. The highest BCUT2D eigenvalue weighted by Crippen LogP contribution is 2.28. The molecule has 0 radical (unpaired) electrons. The molecular formula is C15H30N2O. The van der Waals surface area contributed by atoms with Crippen molar-refractivity contribution in [1.29, 1.82) is 0 Å². The predicted molar refractivity (Wildman–Crippen MR) is 75.9 cm³/mol. The summed E-state index contributed by atoms with van der Waals surface area (Å²) in [6.45, 7) is 14.7. The van der Waals surface area contributed by atoms with Gasteiger partial charge in [0.1, 0.15) is 0 Å². The maximum atomic E-state index is 6.12. The van der Waals surface area contributed by atoms with Crippen molar-refractivity contribution in [2.45, 2.75) is 58.2 Å². The van der Waals surface area contributed by atoms with E-state index < -0.39 is 0 Å². The van der Waals surface area contributed by atoms with Gasteiger partial charge in [-0.3, -0.25) is 4.90 Å². The Morgan fingerprint density at radius 3 is 2.39 bits per heavy atom. The van der Waals surface area contributed by atoms with Crippen LogP contribution in [0.1, 0.15) is 47.0 Å². The minimum Gasteiger partial charge on any atom is -0.367 e. The Morgan fingerprint density at radius 1 is 1.17 bits per heavy atom. The van der Waals surface area contributed by atoms with E-state index in [2.05, 4.69) is 37.9 Å². The third-order valence-corrected chi connectivity index (χ3v) is 4.01. The lowest BCUT2D eigenvalue weighted by Gasteiger charge is -2.47. The van der Waals surface area contributed by atoms with Gasteiger partial charge >= 0.3 is 0 Å². The SMILES string of the molecule is CC1(C)CN(CCCC2CCNC2)CC(C)(C)O1. The maximum Gasteiger partial charge on any atom is 0.0760 e. The maximum absolute atomic E-state index is 6.12. The van der Waals surface area contributed by atoms with Gasteiger partial charge in [-0.05, 0) is 72.5 Å². The number of hydrogen-bond acceptors (Lipinski definition) is 3. The van der Waals surface area contributed by atoms with Crippen molar-refractivity contribution in [3.05, 3.63) is 0 Å². The molecule has 2 aliphatic rings. The highest BCUT2D eigenvalue weighted by Gasteiger charge is 2.37. The van der Waals surface area contributed by atoms with Crippen molar-refractivity contribution in [2.24, 2.45) is 5.92 Å². The summed E-state index contributed by atoms with van der Waals surface area (Å²) in [5.41, 5.74) is -0.00662. The Labute approximate surface area is 112 Å². The molecule has 0 spiro atoms. The van der Waals surface area contributed by atoms with Gasteiger partial charge in [-0.1, -0.05) is 0 Å². The number of rotatable bonds is 4. The third-order valence-electron chi connectivity index (χ3n) is 4.01. The normalized spacial score (nSPS) is 31.7. The van der Waals surface area contributed by atoms with E-state index in [1.807, 2.05) is 0 Å². The van der Waals surface area contributed by atoms with Gasteiger partial charge in [-0.25, -0.2) is 0 Å². The van der Waals surface area contributed by atoms with Crippen LogP contribution in [0.2, 0.25) is 0 Å². The second-order valence-electron chi connectivity index (χ2n) is 7.33. The van der Waals surface area contributed by atoms with Crippen molar-refractivity contribution >= 4 is 0 Å². The van der Waals surface area contributed by atoms with Gasteiger partial charge in [0, 0.05) is 13.1 Å². The molecule has 0 saturated carbocycles. The van der Waals surface area contributed by atoms with Gasteiger partial charge in [-0.2, -0.15) is 0 Å². The molecule has 0 bridgehead atoms. The predicted octanol–water partition coefficient (Wildman–Crippen LogP) is 2.27. The molecule has 1 unspecified atom stereocenters.